The fourth-order valence-electron chi connectivity index (χ4n) is 2.97. The molecule has 0 saturated heterocycles. The van der Waals surface area contributed by atoms with Crippen LogP contribution in [0.25, 0.3) is 6.08 Å². The number of ether oxygens (including phenoxy) is 1. The summed E-state index contributed by atoms with van der Waals surface area (Å²) in [5, 5.41) is 10.4. The van der Waals surface area contributed by atoms with Gasteiger partial charge in [-0.15, -0.1) is 0 Å². The van der Waals surface area contributed by atoms with Gasteiger partial charge >= 0.3 is 0 Å². The fourth-order valence-corrected chi connectivity index (χ4v) is 2.97. The van der Waals surface area contributed by atoms with Crippen LogP contribution in [0.2, 0.25) is 0 Å². The van der Waals surface area contributed by atoms with E-state index in [1.165, 1.54) is 38.2 Å². The van der Waals surface area contributed by atoms with Crippen LogP contribution in [0.4, 0.5) is 0 Å². The van der Waals surface area contributed by atoms with Crippen molar-refractivity contribution in [2.75, 3.05) is 20.2 Å². The number of rotatable bonds is 7. The molecule has 1 atom stereocenters. The van der Waals surface area contributed by atoms with Gasteiger partial charge in [-0.25, -0.2) is 0 Å². The van der Waals surface area contributed by atoms with E-state index in [9.17, 15) is 9.90 Å². The van der Waals surface area contributed by atoms with Crippen LogP contribution in [-0.2, 0) is 4.79 Å². The summed E-state index contributed by atoms with van der Waals surface area (Å²) in [6.45, 7) is 1.72. The molecule has 0 amide bonds. The van der Waals surface area contributed by atoms with Crippen molar-refractivity contribution in [3.8, 4) is 5.75 Å². The summed E-state index contributed by atoms with van der Waals surface area (Å²) in [5.74, 6) is -0.365. The monoisotopic (exact) mass is 303 g/mol. The smallest absolute Gasteiger partial charge is 0.137 e. The first-order chi connectivity index (χ1) is 10.6. The standard InChI is InChI=1S/C18H25NO3/c1-19(16-5-3-2-4-6-16)13-14-22-17-10-7-15(8-11-17)9-12-18(20)21/h7-12,16H,2-6,13-14H2,1H3,(H,20,21)/b12-9+. The molecule has 0 aromatic heterocycles. The molecule has 1 fully saturated rings. The van der Waals surface area contributed by atoms with Crippen molar-refractivity contribution < 1.29 is 19.5 Å². The summed E-state index contributed by atoms with van der Waals surface area (Å²) in [6, 6.07) is 8.20. The molecule has 0 spiro atoms. The van der Waals surface area contributed by atoms with E-state index in [1.807, 2.05) is 24.3 Å². The van der Waals surface area contributed by atoms with Crippen molar-refractivity contribution in [2.24, 2.45) is 0 Å². The number of carboxylic acids is 1. The molecule has 1 aliphatic carbocycles. The minimum atomic E-state index is -1.19. The van der Waals surface area contributed by atoms with Crippen molar-refractivity contribution in [1.82, 2.24) is 0 Å². The highest BCUT2D eigenvalue weighted by Crippen LogP contribution is 2.15. The molecule has 4 nitrogen and oxygen atoms in total. The SMILES string of the molecule is C[NH+](CCOc1ccc(/C=C/C(=O)[O-])cc1)C1CCCCC1. The van der Waals surface area contributed by atoms with Crippen LogP contribution in [0.1, 0.15) is 37.7 Å². The number of carbonyl (C=O) groups excluding carboxylic acids is 1. The molecule has 0 bridgehead atoms. The van der Waals surface area contributed by atoms with E-state index in [-0.39, 0.29) is 0 Å². The van der Waals surface area contributed by atoms with Crippen LogP contribution in [0, 0.1) is 0 Å². The summed E-state index contributed by atoms with van der Waals surface area (Å²) in [5.41, 5.74) is 0.821. The Morgan fingerprint density at radius 3 is 2.59 bits per heavy atom. The Balaban J connectivity index is 1.73. The van der Waals surface area contributed by atoms with Gasteiger partial charge in [0.25, 0.3) is 0 Å². The Hall–Kier alpha value is -1.81. The van der Waals surface area contributed by atoms with Gasteiger partial charge in [0.2, 0.25) is 0 Å². The molecule has 1 aromatic rings. The van der Waals surface area contributed by atoms with Crippen LogP contribution in [0.15, 0.2) is 30.3 Å². The molecule has 1 N–H and O–H groups in total. The lowest BCUT2D eigenvalue weighted by atomic mass is 9.94. The largest absolute Gasteiger partial charge is 0.545 e. The number of nitrogens with one attached hydrogen (secondary N) is 1. The Labute approximate surface area is 132 Å². The number of quaternary nitrogens is 1. The number of hydrogen-bond donors (Lipinski definition) is 1. The lowest BCUT2D eigenvalue weighted by Gasteiger charge is -2.28. The van der Waals surface area contributed by atoms with Gasteiger partial charge < -0.3 is 19.5 Å². The number of carboxylic acid groups (broad SMARTS) is 1. The molecule has 1 aromatic carbocycles. The molecule has 1 unspecified atom stereocenters. The van der Waals surface area contributed by atoms with Gasteiger partial charge in [0.15, 0.2) is 0 Å². The number of carbonyl (C=O) groups is 1. The van der Waals surface area contributed by atoms with Gasteiger partial charge in [-0.2, -0.15) is 0 Å². The van der Waals surface area contributed by atoms with E-state index in [4.69, 9.17) is 4.74 Å². The summed E-state index contributed by atoms with van der Waals surface area (Å²) >= 11 is 0. The van der Waals surface area contributed by atoms with Crippen LogP contribution >= 0.6 is 0 Å². The Morgan fingerprint density at radius 1 is 1.27 bits per heavy atom. The third-order valence-corrected chi connectivity index (χ3v) is 4.36. The third-order valence-electron chi connectivity index (χ3n) is 4.36. The van der Waals surface area contributed by atoms with E-state index in [0.29, 0.717) is 6.61 Å². The zero-order valence-electron chi connectivity index (χ0n) is 13.2. The van der Waals surface area contributed by atoms with E-state index >= 15 is 0 Å². The number of likely N-dealkylation sites (N-methyl/N-ethyl adjacent to an activating group) is 1. The van der Waals surface area contributed by atoms with Gasteiger partial charge in [-0.05, 0) is 49.5 Å². The Morgan fingerprint density at radius 2 is 1.95 bits per heavy atom. The molecule has 120 valence electrons. The van der Waals surface area contributed by atoms with E-state index in [2.05, 4.69) is 7.05 Å². The summed E-state index contributed by atoms with van der Waals surface area (Å²) in [7, 11) is 2.26. The average Bonchev–Trinajstić information content (AvgIpc) is 2.55. The summed E-state index contributed by atoms with van der Waals surface area (Å²) in [6.07, 6.45) is 9.33. The zero-order valence-corrected chi connectivity index (χ0v) is 13.2. The maximum Gasteiger partial charge on any atom is 0.137 e. The minimum absolute atomic E-state index is 0.705. The second-order valence-electron chi connectivity index (χ2n) is 6.00. The second kappa shape index (κ2) is 8.59. The maximum atomic E-state index is 10.4. The summed E-state index contributed by atoms with van der Waals surface area (Å²) < 4.78 is 5.77. The van der Waals surface area contributed by atoms with E-state index < -0.39 is 5.97 Å². The number of benzene rings is 1. The lowest BCUT2D eigenvalue weighted by molar-refractivity contribution is -0.907. The molecule has 0 radical (unpaired) electrons. The maximum absolute atomic E-state index is 10.4. The van der Waals surface area contributed by atoms with Crippen LogP contribution in [0.5, 0.6) is 5.75 Å². The molecule has 22 heavy (non-hydrogen) atoms. The molecule has 0 heterocycles. The van der Waals surface area contributed by atoms with Crippen molar-refractivity contribution in [2.45, 2.75) is 38.1 Å². The van der Waals surface area contributed by atoms with Crippen molar-refractivity contribution in [3.63, 3.8) is 0 Å². The Kier molecular flexibility index (Phi) is 6.46. The van der Waals surface area contributed by atoms with Crippen LogP contribution in [0.3, 0.4) is 0 Å². The molecule has 0 aliphatic heterocycles. The normalized spacial score (nSPS) is 17.5. The predicted molar refractivity (Wildman–Crippen MR) is 84.6 cm³/mol. The zero-order chi connectivity index (χ0) is 15.8. The highest BCUT2D eigenvalue weighted by atomic mass is 16.5. The topological polar surface area (TPSA) is 53.8 Å². The van der Waals surface area contributed by atoms with Crippen molar-refractivity contribution >= 4 is 12.0 Å². The average molecular weight is 303 g/mol. The fraction of sp³-hybridized carbons (Fsp3) is 0.500. The molecule has 1 saturated carbocycles. The molecule has 4 heteroatoms. The molecule has 1 aliphatic rings. The first-order valence-corrected chi connectivity index (χ1v) is 8.09. The van der Waals surface area contributed by atoms with Crippen LogP contribution in [-0.4, -0.2) is 32.2 Å². The molecule has 2 rings (SSSR count). The number of hydrogen-bond acceptors (Lipinski definition) is 3. The first-order valence-electron chi connectivity index (χ1n) is 8.09. The van der Waals surface area contributed by atoms with Crippen molar-refractivity contribution in [1.29, 1.82) is 0 Å². The predicted octanol–water partition coefficient (Wildman–Crippen LogP) is 0.676. The highest BCUT2D eigenvalue weighted by molar-refractivity contribution is 5.83. The van der Waals surface area contributed by atoms with Gasteiger partial charge in [-0.1, -0.05) is 24.6 Å². The highest BCUT2D eigenvalue weighted by Gasteiger charge is 2.20. The van der Waals surface area contributed by atoms with Crippen molar-refractivity contribution in [3.05, 3.63) is 35.9 Å². The lowest BCUT2D eigenvalue weighted by Crippen LogP contribution is -3.13. The van der Waals surface area contributed by atoms with E-state index in [1.54, 1.807) is 4.90 Å². The quantitative estimate of drug-likeness (QED) is 0.754. The first kappa shape index (κ1) is 16.6. The van der Waals surface area contributed by atoms with Gasteiger partial charge in [-0.3, -0.25) is 0 Å². The second-order valence-corrected chi connectivity index (χ2v) is 6.00. The van der Waals surface area contributed by atoms with Gasteiger partial charge in [0, 0.05) is 0 Å². The van der Waals surface area contributed by atoms with Gasteiger partial charge in [0.1, 0.15) is 18.9 Å². The third kappa shape index (κ3) is 5.53. The molecular formula is C18H25NO3. The molecular weight excluding hydrogens is 278 g/mol. The summed E-state index contributed by atoms with van der Waals surface area (Å²) in [4.78, 5) is 11.9. The minimum Gasteiger partial charge on any atom is -0.545 e. The van der Waals surface area contributed by atoms with Crippen LogP contribution < -0.4 is 14.7 Å². The van der Waals surface area contributed by atoms with Gasteiger partial charge in [0.05, 0.1) is 19.1 Å². The van der Waals surface area contributed by atoms with E-state index in [0.717, 1.165) is 30.0 Å². The number of aliphatic carboxylic acids is 1. The Bertz CT molecular complexity index is 490.